The van der Waals surface area contributed by atoms with Crippen LogP contribution in [0.25, 0.3) is 21.3 Å². The van der Waals surface area contributed by atoms with Crippen molar-refractivity contribution in [1.82, 2.24) is 9.55 Å². The van der Waals surface area contributed by atoms with Gasteiger partial charge in [0.05, 0.1) is 24.9 Å². The zero-order chi connectivity index (χ0) is 19.5. The van der Waals surface area contributed by atoms with Crippen LogP contribution in [0.4, 0.5) is 0 Å². The van der Waals surface area contributed by atoms with Gasteiger partial charge < -0.3 is 4.74 Å². The van der Waals surface area contributed by atoms with E-state index in [4.69, 9.17) is 4.74 Å². The Bertz CT molecular complexity index is 1160. The van der Waals surface area contributed by atoms with Crippen LogP contribution in [-0.2, 0) is 6.54 Å². The minimum atomic E-state index is -0.00388. The first kappa shape index (κ1) is 18.4. The van der Waals surface area contributed by atoms with Crippen molar-refractivity contribution < 1.29 is 4.74 Å². The van der Waals surface area contributed by atoms with Gasteiger partial charge in [-0.2, -0.15) is 0 Å². The van der Waals surface area contributed by atoms with E-state index in [9.17, 15) is 4.79 Å². The number of hydrogen-bond acceptors (Lipinski definition) is 4. The summed E-state index contributed by atoms with van der Waals surface area (Å²) in [6.45, 7) is 5.37. The number of hydrogen-bond donors (Lipinski definition) is 0. The quantitative estimate of drug-likeness (QED) is 0.450. The highest BCUT2D eigenvalue weighted by Gasteiger charge is 2.14. The molecule has 0 unspecified atom stereocenters. The van der Waals surface area contributed by atoms with Crippen LogP contribution in [0.3, 0.4) is 0 Å². The maximum atomic E-state index is 13.2. The van der Waals surface area contributed by atoms with Crippen molar-refractivity contribution in [3.63, 3.8) is 0 Å². The average Bonchev–Trinajstić information content (AvgIpc) is 3.15. The summed E-state index contributed by atoms with van der Waals surface area (Å²) in [5, 5.41) is 2.70. The van der Waals surface area contributed by atoms with Crippen molar-refractivity contribution in [2.24, 2.45) is 0 Å². The summed E-state index contributed by atoms with van der Waals surface area (Å²) in [6.07, 6.45) is 2.63. The Labute approximate surface area is 168 Å². The van der Waals surface area contributed by atoms with Crippen LogP contribution in [0.2, 0.25) is 0 Å². The summed E-state index contributed by atoms with van der Waals surface area (Å²) in [6, 6.07) is 16.0. The van der Waals surface area contributed by atoms with Gasteiger partial charge in [0.25, 0.3) is 5.56 Å². The van der Waals surface area contributed by atoms with Crippen LogP contribution >= 0.6 is 11.3 Å². The van der Waals surface area contributed by atoms with Gasteiger partial charge >= 0.3 is 0 Å². The van der Waals surface area contributed by atoms with E-state index in [1.54, 1.807) is 10.9 Å². The number of nitrogens with zero attached hydrogens (tertiary/aromatic N) is 2. The standard InChI is InChI=1S/C23H22N2O2S/c1-3-12-27-19-10-8-17(9-11-19)20-14-28-22-21(20)23(26)25(15-24-22)13-18-7-5-4-6-16(18)2/h4-11,14-15H,3,12-13H2,1-2H3. The summed E-state index contributed by atoms with van der Waals surface area (Å²) in [5.74, 6) is 0.847. The SMILES string of the molecule is CCCOc1ccc(-c2csc3ncn(Cc4ccccc4C)c(=O)c23)cc1. The van der Waals surface area contributed by atoms with Crippen LogP contribution < -0.4 is 10.3 Å². The zero-order valence-electron chi connectivity index (χ0n) is 16.0. The second-order valence-corrected chi connectivity index (χ2v) is 7.66. The van der Waals surface area contributed by atoms with Crippen LogP contribution in [0.1, 0.15) is 24.5 Å². The van der Waals surface area contributed by atoms with Crippen molar-refractivity contribution >= 4 is 21.6 Å². The predicted molar refractivity (Wildman–Crippen MR) is 115 cm³/mol. The summed E-state index contributed by atoms with van der Waals surface area (Å²) >= 11 is 1.50. The fourth-order valence-electron chi connectivity index (χ4n) is 3.21. The third-order valence-electron chi connectivity index (χ3n) is 4.80. The molecule has 142 valence electrons. The fourth-order valence-corrected chi connectivity index (χ4v) is 4.12. The smallest absolute Gasteiger partial charge is 0.263 e. The Morgan fingerprint density at radius 1 is 1.11 bits per heavy atom. The van der Waals surface area contributed by atoms with E-state index in [0.29, 0.717) is 18.5 Å². The van der Waals surface area contributed by atoms with Crippen LogP contribution in [0, 0.1) is 6.92 Å². The molecule has 0 saturated carbocycles. The number of rotatable bonds is 6. The van der Waals surface area contributed by atoms with Crippen molar-refractivity contribution in [3.05, 3.63) is 81.7 Å². The van der Waals surface area contributed by atoms with Crippen molar-refractivity contribution in [2.45, 2.75) is 26.8 Å². The minimum Gasteiger partial charge on any atom is -0.494 e. The molecule has 2 aromatic carbocycles. The van der Waals surface area contributed by atoms with Gasteiger partial charge in [-0.05, 0) is 42.2 Å². The maximum absolute atomic E-state index is 13.2. The first-order chi connectivity index (χ1) is 13.7. The van der Waals surface area contributed by atoms with Crippen LogP contribution in [0.5, 0.6) is 5.75 Å². The molecule has 0 fully saturated rings. The minimum absolute atomic E-state index is 0.00388. The molecule has 2 heterocycles. The van der Waals surface area contributed by atoms with E-state index in [1.165, 1.54) is 16.9 Å². The van der Waals surface area contributed by atoms with E-state index in [1.807, 2.05) is 41.8 Å². The molecule has 28 heavy (non-hydrogen) atoms. The Morgan fingerprint density at radius 2 is 1.89 bits per heavy atom. The molecule has 0 aliphatic rings. The molecule has 0 amide bonds. The molecule has 0 aliphatic carbocycles. The van der Waals surface area contributed by atoms with Crippen LogP contribution in [-0.4, -0.2) is 16.2 Å². The molecule has 0 aliphatic heterocycles. The van der Waals surface area contributed by atoms with Gasteiger partial charge in [-0.3, -0.25) is 9.36 Å². The normalized spacial score (nSPS) is 11.1. The lowest BCUT2D eigenvalue weighted by Gasteiger charge is -2.09. The Balaban J connectivity index is 1.73. The lowest BCUT2D eigenvalue weighted by molar-refractivity contribution is 0.317. The van der Waals surface area contributed by atoms with Gasteiger partial charge in [-0.25, -0.2) is 4.98 Å². The summed E-state index contributed by atoms with van der Waals surface area (Å²) in [4.78, 5) is 18.5. The topological polar surface area (TPSA) is 44.1 Å². The van der Waals surface area contributed by atoms with E-state index >= 15 is 0 Å². The van der Waals surface area contributed by atoms with E-state index in [2.05, 4.69) is 31.0 Å². The Hall–Kier alpha value is -2.92. The molecule has 5 heteroatoms. The third kappa shape index (κ3) is 3.58. The van der Waals surface area contributed by atoms with Crippen LogP contribution in [0.15, 0.2) is 65.0 Å². The van der Waals surface area contributed by atoms with Gasteiger partial charge in [-0.1, -0.05) is 43.3 Å². The van der Waals surface area contributed by atoms with Crippen molar-refractivity contribution in [1.29, 1.82) is 0 Å². The largest absolute Gasteiger partial charge is 0.494 e. The maximum Gasteiger partial charge on any atom is 0.263 e. The molecule has 0 saturated heterocycles. The molecule has 0 spiro atoms. The molecule has 0 bridgehead atoms. The highest BCUT2D eigenvalue weighted by atomic mass is 32.1. The molecule has 2 aromatic heterocycles. The number of thiophene rings is 1. The zero-order valence-corrected chi connectivity index (χ0v) is 16.8. The van der Waals surface area contributed by atoms with Gasteiger partial charge in [-0.15, -0.1) is 11.3 Å². The average molecular weight is 391 g/mol. The van der Waals surface area contributed by atoms with E-state index in [0.717, 1.165) is 33.7 Å². The molecule has 4 rings (SSSR count). The molecular weight excluding hydrogens is 368 g/mol. The highest BCUT2D eigenvalue weighted by molar-refractivity contribution is 7.17. The molecule has 0 radical (unpaired) electrons. The predicted octanol–water partition coefficient (Wildman–Crippen LogP) is 5.27. The van der Waals surface area contributed by atoms with E-state index in [-0.39, 0.29) is 5.56 Å². The van der Waals surface area contributed by atoms with E-state index < -0.39 is 0 Å². The number of benzene rings is 2. The second-order valence-electron chi connectivity index (χ2n) is 6.81. The number of aryl methyl sites for hydroxylation is 1. The van der Waals surface area contributed by atoms with Gasteiger partial charge in [0.15, 0.2) is 0 Å². The number of ether oxygens (including phenoxy) is 1. The third-order valence-corrected chi connectivity index (χ3v) is 5.69. The van der Waals surface area contributed by atoms with Gasteiger partial charge in [0.2, 0.25) is 0 Å². The monoisotopic (exact) mass is 390 g/mol. The Kier molecular flexibility index (Phi) is 5.26. The first-order valence-corrected chi connectivity index (χ1v) is 10.3. The van der Waals surface area contributed by atoms with Gasteiger partial charge in [0, 0.05) is 10.9 Å². The molecule has 0 atom stereocenters. The lowest BCUT2D eigenvalue weighted by Crippen LogP contribution is -2.21. The first-order valence-electron chi connectivity index (χ1n) is 9.41. The second kappa shape index (κ2) is 7.98. The van der Waals surface area contributed by atoms with Gasteiger partial charge in [0.1, 0.15) is 10.6 Å². The summed E-state index contributed by atoms with van der Waals surface area (Å²) in [5.41, 5.74) is 4.22. The molecule has 0 N–H and O–H groups in total. The fraction of sp³-hybridized carbons (Fsp3) is 0.217. The lowest BCUT2D eigenvalue weighted by atomic mass is 10.1. The molecule has 4 aromatic rings. The summed E-state index contributed by atoms with van der Waals surface area (Å²) in [7, 11) is 0. The number of aromatic nitrogens is 2. The summed E-state index contributed by atoms with van der Waals surface area (Å²) < 4.78 is 7.35. The molecular formula is C23H22N2O2S. The van der Waals surface area contributed by atoms with Crippen molar-refractivity contribution in [2.75, 3.05) is 6.61 Å². The highest BCUT2D eigenvalue weighted by Crippen LogP contribution is 2.31. The Morgan fingerprint density at radius 3 is 2.64 bits per heavy atom. The molecule has 4 nitrogen and oxygen atoms in total. The van der Waals surface area contributed by atoms with Crippen molar-refractivity contribution in [3.8, 4) is 16.9 Å². The number of fused-ring (bicyclic) bond motifs is 1.